The molecule has 0 saturated carbocycles. The fraction of sp³-hybridized carbons (Fsp3) is 0.429. The smallest absolute Gasteiger partial charge is 0.255 e. The van der Waals surface area contributed by atoms with Crippen LogP contribution in [0.4, 0.5) is 4.39 Å². The Hall–Kier alpha value is -2.09. The topological polar surface area (TPSA) is 77.8 Å². The minimum Gasteiger partial charge on any atom is -0.382 e. The van der Waals surface area contributed by atoms with Gasteiger partial charge in [-0.05, 0) is 54.8 Å². The maximum atomic E-state index is 13.2. The van der Waals surface area contributed by atoms with Crippen LogP contribution in [0.3, 0.4) is 0 Å². The van der Waals surface area contributed by atoms with Gasteiger partial charge in [-0.15, -0.1) is 11.3 Å². The van der Waals surface area contributed by atoms with Gasteiger partial charge in [0.05, 0.1) is 6.04 Å². The summed E-state index contributed by atoms with van der Waals surface area (Å²) in [5.74, 6) is -1.55. The molecule has 3 rings (SSSR count). The van der Waals surface area contributed by atoms with Gasteiger partial charge in [0.1, 0.15) is 11.9 Å². The maximum Gasteiger partial charge on any atom is 0.255 e. The number of rotatable bonds is 8. The van der Waals surface area contributed by atoms with Gasteiger partial charge in [-0.1, -0.05) is 18.2 Å². The maximum absolute atomic E-state index is 13.2. The van der Waals surface area contributed by atoms with Gasteiger partial charge >= 0.3 is 0 Å². The van der Waals surface area contributed by atoms with Crippen molar-refractivity contribution in [2.45, 2.75) is 50.4 Å². The first-order valence-corrected chi connectivity index (χ1v) is 10.3. The van der Waals surface area contributed by atoms with Crippen LogP contribution in [0.1, 0.15) is 42.2 Å². The van der Waals surface area contributed by atoms with Gasteiger partial charge in [0, 0.05) is 17.8 Å². The molecule has 2 N–H and O–H groups in total. The van der Waals surface area contributed by atoms with Gasteiger partial charge < -0.3 is 15.1 Å². The summed E-state index contributed by atoms with van der Waals surface area (Å²) >= 11 is 1.60. The zero-order valence-electron chi connectivity index (χ0n) is 15.5. The Bertz CT molecular complexity index is 793. The van der Waals surface area contributed by atoms with E-state index in [4.69, 9.17) is 0 Å². The minimum absolute atomic E-state index is 0.102. The molecule has 7 heteroatoms. The fourth-order valence-electron chi connectivity index (χ4n) is 3.58. The summed E-state index contributed by atoms with van der Waals surface area (Å²) in [5.41, 5.74) is 0.774. The largest absolute Gasteiger partial charge is 0.382 e. The molecule has 5 nitrogen and oxygen atoms in total. The molecule has 1 aliphatic heterocycles. The Morgan fingerprint density at radius 2 is 1.93 bits per heavy atom. The highest BCUT2D eigenvalue weighted by Crippen LogP contribution is 2.32. The zero-order valence-corrected chi connectivity index (χ0v) is 16.3. The molecular formula is C21H24FNO4S. The number of nitrogens with zero attached hydrogens (tertiary/aromatic N) is 1. The lowest BCUT2D eigenvalue weighted by molar-refractivity contribution is -0.153. The summed E-state index contributed by atoms with van der Waals surface area (Å²) in [5, 5.41) is 22.4. The first kappa shape index (κ1) is 20.6. The molecule has 1 fully saturated rings. The van der Waals surface area contributed by atoms with Crippen LogP contribution in [0, 0.1) is 5.82 Å². The number of carbonyl (C=O) groups is 2. The predicted molar refractivity (Wildman–Crippen MR) is 104 cm³/mol. The average Bonchev–Trinajstić information content (AvgIpc) is 3.38. The number of aryl methyl sites for hydroxylation is 1. The van der Waals surface area contributed by atoms with Crippen LogP contribution in [-0.4, -0.2) is 45.6 Å². The molecule has 2 heterocycles. The second-order valence-corrected chi connectivity index (χ2v) is 8.06. The Morgan fingerprint density at radius 1 is 1.18 bits per heavy atom. The lowest BCUT2D eigenvalue weighted by Crippen LogP contribution is -2.47. The molecule has 1 aromatic carbocycles. The number of likely N-dealkylation sites (tertiary alicyclic amines) is 1. The lowest BCUT2D eigenvalue weighted by atomic mass is 10.0. The number of hydrogen-bond acceptors (Lipinski definition) is 5. The second-order valence-electron chi connectivity index (χ2n) is 7.03. The lowest BCUT2D eigenvalue weighted by Gasteiger charge is -2.28. The average molecular weight is 405 g/mol. The van der Waals surface area contributed by atoms with Crippen molar-refractivity contribution in [1.29, 1.82) is 0 Å². The van der Waals surface area contributed by atoms with E-state index in [1.54, 1.807) is 23.5 Å². The quantitative estimate of drug-likeness (QED) is 0.708. The van der Waals surface area contributed by atoms with Gasteiger partial charge in [-0.3, -0.25) is 9.59 Å². The molecule has 1 amide bonds. The molecule has 2 aromatic rings. The summed E-state index contributed by atoms with van der Waals surface area (Å²) in [4.78, 5) is 27.5. The van der Waals surface area contributed by atoms with Crippen molar-refractivity contribution < 1.29 is 24.2 Å². The zero-order chi connectivity index (χ0) is 20.1. The van der Waals surface area contributed by atoms with Gasteiger partial charge in [0.25, 0.3) is 5.91 Å². The first-order chi connectivity index (χ1) is 13.5. The van der Waals surface area contributed by atoms with Crippen molar-refractivity contribution in [1.82, 2.24) is 4.90 Å². The van der Waals surface area contributed by atoms with E-state index in [2.05, 4.69) is 0 Å². The van der Waals surface area contributed by atoms with Crippen LogP contribution >= 0.6 is 11.3 Å². The molecular weight excluding hydrogens is 381 g/mol. The number of benzene rings is 1. The summed E-state index contributed by atoms with van der Waals surface area (Å²) in [7, 11) is 0. The number of Topliss-reactive ketones (excluding diaryl/α,β-unsaturated/α-hetero) is 1. The summed E-state index contributed by atoms with van der Waals surface area (Å²) in [6.45, 7) is 0.428. The first-order valence-electron chi connectivity index (χ1n) is 9.44. The molecule has 0 aliphatic carbocycles. The monoisotopic (exact) mass is 405 g/mol. The summed E-state index contributed by atoms with van der Waals surface area (Å²) in [6.07, 6.45) is -0.705. The molecule has 0 spiro atoms. The third-order valence-corrected chi connectivity index (χ3v) is 6.04. The Morgan fingerprint density at radius 3 is 2.61 bits per heavy atom. The number of aliphatic hydroxyl groups excluding tert-OH is 2. The standard InChI is InChI=1S/C21H24FNO4S/c22-15-10-8-14(9-11-15)17-6-2-12-23(17)21(27)20(26)19(25)18(24)7-1-4-16-5-3-13-28-16/h3,5,8-11,13,17,19-20,25-26H,1-2,4,6-7,12H2/t17-,19-,20+/m0/s1. The van der Waals surface area contributed by atoms with Crippen molar-refractivity contribution in [2.24, 2.45) is 0 Å². The van der Waals surface area contributed by atoms with Gasteiger partial charge in [-0.2, -0.15) is 0 Å². The van der Waals surface area contributed by atoms with E-state index in [9.17, 15) is 24.2 Å². The van der Waals surface area contributed by atoms with E-state index in [-0.39, 0.29) is 18.3 Å². The number of amides is 1. The van der Waals surface area contributed by atoms with Crippen molar-refractivity contribution in [3.05, 3.63) is 58.0 Å². The fourth-order valence-corrected chi connectivity index (χ4v) is 4.33. The van der Waals surface area contributed by atoms with Crippen molar-refractivity contribution >= 4 is 23.0 Å². The molecule has 1 saturated heterocycles. The summed E-state index contributed by atoms with van der Waals surface area (Å²) in [6, 6.07) is 9.52. The molecule has 0 bridgehead atoms. The highest BCUT2D eigenvalue weighted by molar-refractivity contribution is 7.09. The number of thiophene rings is 1. The molecule has 3 atom stereocenters. The van der Waals surface area contributed by atoms with Gasteiger partial charge in [0.15, 0.2) is 11.9 Å². The van der Waals surface area contributed by atoms with Gasteiger partial charge in [-0.25, -0.2) is 4.39 Å². The van der Waals surface area contributed by atoms with Crippen LogP contribution in [0.2, 0.25) is 0 Å². The van der Waals surface area contributed by atoms with Crippen LogP contribution in [0.25, 0.3) is 0 Å². The second kappa shape index (κ2) is 9.41. The van der Waals surface area contributed by atoms with Crippen LogP contribution in [0.15, 0.2) is 41.8 Å². The third kappa shape index (κ3) is 4.84. The van der Waals surface area contributed by atoms with E-state index in [1.807, 2.05) is 17.5 Å². The molecule has 28 heavy (non-hydrogen) atoms. The third-order valence-electron chi connectivity index (χ3n) is 5.10. The highest BCUT2D eigenvalue weighted by Gasteiger charge is 2.38. The highest BCUT2D eigenvalue weighted by atomic mass is 32.1. The van der Waals surface area contributed by atoms with Crippen LogP contribution in [-0.2, 0) is 16.0 Å². The van der Waals surface area contributed by atoms with Crippen molar-refractivity contribution in [3.8, 4) is 0 Å². The van der Waals surface area contributed by atoms with E-state index in [0.717, 1.165) is 23.3 Å². The van der Waals surface area contributed by atoms with Crippen molar-refractivity contribution in [3.63, 3.8) is 0 Å². The molecule has 150 valence electrons. The Balaban J connectivity index is 1.57. The number of ketones is 1. The van der Waals surface area contributed by atoms with Gasteiger partial charge in [0.2, 0.25) is 0 Å². The predicted octanol–water partition coefficient (Wildman–Crippen LogP) is 2.86. The number of halogens is 1. The normalized spacial score (nSPS) is 18.8. The Labute approximate surface area is 167 Å². The molecule has 0 unspecified atom stereocenters. The van der Waals surface area contributed by atoms with Crippen LogP contribution in [0.5, 0.6) is 0 Å². The molecule has 0 radical (unpaired) electrons. The minimum atomic E-state index is -1.78. The summed E-state index contributed by atoms with van der Waals surface area (Å²) < 4.78 is 13.2. The molecule has 1 aliphatic rings. The number of aliphatic hydroxyl groups is 2. The van der Waals surface area contributed by atoms with Crippen LogP contribution < -0.4 is 0 Å². The number of carbonyl (C=O) groups excluding carboxylic acids is 2. The van der Waals surface area contributed by atoms with Crippen molar-refractivity contribution in [2.75, 3.05) is 6.54 Å². The van der Waals surface area contributed by atoms with E-state index >= 15 is 0 Å². The Kier molecular flexibility index (Phi) is 6.93. The van der Waals surface area contributed by atoms with E-state index in [1.165, 1.54) is 17.0 Å². The van der Waals surface area contributed by atoms with E-state index < -0.39 is 23.9 Å². The van der Waals surface area contributed by atoms with E-state index in [0.29, 0.717) is 19.4 Å². The molecule has 1 aromatic heterocycles. The number of hydrogen-bond donors (Lipinski definition) is 2. The SMILES string of the molecule is O=C(CCCc1cccs1)[C@H](O)[C@@H](O)C(=O)N1CCC[C@H]1c1ccc(F)cc1.